The molecule has 24 heavy (non-hydrogen) atoms. The van der Waals surface area contributed by atoms with E-state index >= 15 is 0 Å². The molecule has 1 aromatic rings. The minimum Gasteiger partial charge on any atom is -0.395 e. The van der Waals surface area contributed by atoms with Gasteiger partial charge in [-0.2, -0.15) is 0 Å². The second-order valence-corrected chi connectivity index (χ2v) is 7.15. The number of aliphatic hydroxyl groups is 1. The fraction of sp³-hybridized carbons (Fsp3) is 0.375. The summed E-state index contributed by atoms with van der Waals surface area (Å²) in [5, 5.41) is 8.99. The normalized spacial score (nSPS) is 19.6. The number of amides is 2. The zero-order valence-corrected chi connectivity index (χ0v) is 15.8. The van der Waals surface area contributed by atoms with Gasteiger partial charge in [-0.15, -0.1) is 0 Å². The van der Waals surface area contributed by atoms with Crippen molar-refractivity contribution >= 4 is 51.7 Å². The number of anilines is 1. The Morgan fingerprint density at radius 3 is 2.38 bits per heavy atom. The van der Waals surface area contributed by atoms with Crippen molar-refractivity contribution in [1.82, 2.24) is 9.80 Å². The van der Waals surface area contributed by atoms with Crippen LogP contribution in [0.3, 0.4) is 0 Å². The van der Waals surface area contributed by atoms with E-state index in [0.717, 1.165) is 21.6 Å². The van der Waals surface area contributed by atoms with Crippen molar-refractivity contribution in [2.45, 2.75) is 0 Å². The van der Waals surface area contributed by atoms with Crippen LogP contribution in [-0.4, -0.2) is 66.1 Å². The molecule has 0 spiro atoms. The largest absolute Gasteiger partial charge is 0.395 e. The molecule has 2 amide bonds. The minimum atomic E-state index is -0.474. The monoisotopic (exact) mass is 461 g/mol. The summed E-state index contributed by atoms with van der Waals surface area (Å²) in [4.78, 5) is 30.5. The number of carbonyl (C=O) groups excluding carboxylic acids is 2. The lowest BCUT2D eigenvalue weighted by atomic mass is 10.2. The maximum absolute atomic E-state index is 12.8. The molecular formula is C16H17ClIN3O3. The topological polar surface area (TPSA) is 64.1 Å². The first-order valence-corrected chi connectivity index (χ1v) is 9.11. The van der Waals surface area contributed by atoms with E-state index in [2.05, 4.69) is 27.5 Å². The lowest BCUT2D eigenvalue weighted by Crippen LogP contribution is -2.48. The number of halogens is 2. The summed E-state index contributed by atoms with van der Waals surface area (Å²) in [5.41, 5.74) is 0.838. The average Bonchev–Trinajstić information content (AvgIpc) is 2.79. The molecule has 0 aliphatic carbocycles. The molecule has 1 saturated heterocycles. The van der Waals surface area contributed by atoms with Gasteiger partial charge in [-0.1, -0.05) is 23.7 Å². The van der Waals surface area contributed by atoms with Gasteiger partial charge >= 0.3 is 0 Å². The van der Waals surface area contributed by atoms with Crippen LogP contribution in [0.4, 0.5) is 5.69 Å². The van der Waals surface area contributed by atoms with Crippen LogP contribution in [0.25, 0.3) is 0 Å². The van der Waals surface area contributed by atoms with Crippen molar-refractivity contribution in [3.63, 3.8) is 0 Å². The molecule has 3 rings (SSSR count). The number of aliphatic hydroxyl groups excluding tert-OH is 1. The van der Waals surface area contributed by atoms with Gasteiger partial charge in [-0.25, -0.2) is 4.90 Å². The third-order valence-electron chi connectivity index (χ3n) is 4.20. The molecule has 8 heteroatoms. The molecule has 128 valence electrons. The Balaban J connectivity index is 1.82. The Kier molecular flexibility index (Phi) is 5.43. The molecular weight excluding hydrogens is 445 g/mol. The van der Waals surface area contributed by atoms with E-state index in [0.29, 0.717) is 25.3 Å². The number of carbonyl (C=O) groups is 2. The third-order valence-corrected chi connectivity index (χ3v) is 5.46. The molecule has 0 unspecified atom stereocenters. The second kappa shape index (κ2) is 7.38. The van der Waals surface area contributed by atoms with Crippen molar-refractivity contribution in [2.24, 2.45) is 0 Å². The highest BCUT2D eigenvalue weighted by Crippen LogP contribution is 2.33. The fourth-order valence-corrected chi connectivity index (χ4v) is 3.87. The molecule has 0 atom stereocenters. The van der Waals surface area contributed by atoms with Crippen molar-refractivity contribution < 1.29 is 14.7 Å². The average molecular weight is 462 g/mol. The number of rotatable bonds is 4. The molecule has 1 N–H and O–H groups in total. The summed E-state index contributed by atoms with van der Waals surface area (Å²) in [6, 6.07) is 7.23. The van der Waals surface area contributed by atoms with E-state index in [1.54, 1.807) is 12.1 Å². The first-order valence-electron chi connectivity index (χ1n) is 7.66. The second-order valence-electron chi connectivity index (χ2n) is 5.61. The van der Waals surface area contributed by atoms with Crippen molar-refractivity contribution in [3.8, 4) is 0 Å². The van der Waals surface area contributed by atoms with E-state index in [9.17, 15) is 9.59 Å². The minimum absolute atomic E-state index is 0.0183. The SMILES string of the molecule is O=C1C(Cl)=C(N2CCN(CCO)CC2)C(=O)N1c1ccccc1I. The van der Waals surface area contributed by atoms with Gasteiger partial charge in [0.05, 0.1) is 12.3 Å². The van der Waals surface area contributed by atoms with Crippen LogP contribution in [-0.2, 0) is 9.59 Å². The molecule has 2 heterocycles. The standard InChI is InChI=1S/C16H17ClIN3O3/c17-13-14(20-7-5-19(6-8-20)9-10-22)16(24)21(15(13)23)12-4-2-1-3-11(12)18/h1-4,22H,5-10H2. The maximum Gasteiger partial charge on any atom is 0.283 e. The van der Waals surface area contributed by atoms with Gasteiger partial charge in [0.25, 0.3) is 11.8 Å². The van der Waals surface area contributed by atoms with E-state index in [1.165, 1.54) is 0 Å². The number of nitrogens with zero attached hydrogens (tertiary/aromatic N) is 3. The summed E-state index contributed by atoms with van der Waals surface area (Å²) >= 11 is 8.32. The Morgan fingerprint density at radius 2 is 1.75 bits per heavy atom. The van der Waals surface area contributed by atoms with Crippen LogP contribution in [0.15, 0.2) is 35.0 Å². The van der Waals surface area contributed by atoms with E-state index < -0.39 is 5.91 Å². The molecule has 1 fully saturated rings. The first kappa shape index (κ1) is 17.7. The zero-order chi connectivity index (χ0) is 17.3. The van der Waals surface area contributed by atoms with E-state index in [4.69, 9.17) is 16.7 Å². The number of hydrogen-bond acceptors (Lipinski definition) is 5. The molecule has 0 aromatic heterocycles. The Hall–Kier alpha value is -1.16. The van der Waals surface area contributed by atoms with Gasteiger partial charge in [-0.05, 0) is 34.7 Å². The van der Waals surface area contributed by atoms with E-state index in [1.807, 2.05) is 17.0 Å². The number of piperazine rings is 1. The molecule has 6 nitrogen and oxygen atoms in total. The molecule has 2 aliphatic rings. The Morgan fingerprint density at radius 1 is 1.08 bits per heavy atom. The van der Waals surface area contributed by atoms with Crippen LogP contribution in [0, 0.1) is 3.57 Å². The van der Waals surface area contributed by atoms with Gasteiger partial charge in [0.2, 0.25) is 0 Å². The third kappa shape index (κ3) is 3.17. The Labute approximate surface area is 158 Å². The Bertz CT molecular complexity index is 702. The predicted molar refractivity (Wildman–Crippen MR) is 99.6 cm³/mol. The fourth-order valence-electron chi connectivity index (χ4n) is 2.95. The summed E-state index contributed by atoms with van der Waals surface area (Å²) in [7, 11) is 0. The van der Waals surface area contributed by atoms with Crippen LogP contribution < -0.4 is 4.90 Å². The first-order chi connectivity index (χ1) is 11.5. The summed E-state index contributed by atoms with van der Waals surface area (Å²) < 4.78 is 0.815. The zero-order valence-electron chi connectivity index (χ0n) is 12.9. The molecule has 0 saturated carbocycles. The van der Waals surface area contributed by atoms with Gasteiger partial charge < -0.3 is 10.0 Å². The lowest BCUT2D eigenvalue weighted by molar-refractivity contribution is -0.121. The van der Waals surface area contributed by atoms with Gasteiger partial charge in [0, 0.05) is 36.3 Å². The number of hydrogen-bond donors (Lipinski definition) is 1. The van der Waals surface area contributed by atoms with Crippen LogP contribution in [0.1, 0.15) is 0 Å². The number of benzene rings is 1. The molecule has 0 bridgehead atoms. The highest BCUT2D eigenvalue weighted by Gasteiger charge is 2.42. The highest BCUT2D eigenvalue weighted by molar-refractivity contribution is 14.1. The molecule has 2 aliphatic heterocycles. The van der Waals surface area contributed by atoms with Crippen LogP contribution in [0.5, 0.6) is 0 Å². The lowest BCUT2D eigenvalue weighted by Gasteiger charge is -2.35. The predicted octanol–water partition coefficient (Wildman–Crippen LogP) is 1.22. The highest BCUT2D eigenvalue weighted by atomic mass is 127. The van der Waals surface area contributed by atoms with Crippen molar-refractivity contribution in [3.05, 3.63) is 38.6 Å². The van der Waals surface area contributed by atoms with Crippen LogP contribution >= 0.6 is 34.2 Å². The maximum atomic E-state index is 12.8. The van der Waals surface area contributed by atoms with Gasteiger partial charge in [0.1, 0.15) is 10.7 Å². The van der Waals surface area contributed by atoms with Gasteiger partial charge in [-0.3, -0.25) is 14.5 Å². The smallest absolute Gasteiger partial charge is 0.283 e. The quantitative estimate of drug-likeness (QED) is 0.540. The van der Waals surface area contributed by atoms with Crippen LogP contribution in [0.2, 0.25) is 0 Å². The molecule has 0 radical (unpaired) electrons. The van der Waals surface area contributed by atoms with E-state index in [-0.39, 0.29) is 23.2 Å². The summed E-state index contributed by atoms with van der Waals surface area (Å²) in [6.07, 6.45) is 0. The summed E-state index contributed by atoms with van der Waals surface area (Å²) in [6.45, 7) is 3.37. The number of imide groups is 1. The van der Waals surface area contributed by atoms with Gasteiger partial charge in [0.15, 0.2) is 0 Å². The number of β-amino-alcohol motifs (C(OH)–C–C–N with tert-alkyl or cyclic N) is 1. The van der Waals surface area contributed by atoms with Crippen molar-refractivity contribution in [2.75, 3.05) is 44.2 Å². The molecule has 1 aromatic carbocycles. The summed E-state index contributed by atoms with van der Waals surface area (Å²) in [5.74, 6) is -0.844. The van der Waals surface area contributed by atoms with Crippen molar-refractivity contribution in [1.29, 1.82) is 0 Å². The number of para-hydroxylation sites is 1.